The quantitative estimate of drug-likeness (QED) is 0.456. The average molecular weight is 467 g/mol. The predicted octanol–water partition coefficient (Wildman–Crippen LogP) is 4.03. The Balaban J connectivity index is 1.50. The molecule has 0 spiro atoms. The Morgan fingerprint density at radius 1 is 1.06 bits per heavy atom. The molecule has 0 radical (unpaired) electrons. The Bertz CT molecular complexity index is 1330. The first kappa shape index (κ1) is 21.7. The van der Waals surface area contributed by atoms with Crippen LogP contribution in [-0.2, 0) is 6.54 Å². The molecule has 11 heteroatoms. The molecule has 1 aliphatic heterocycles. The molecule has 2 unspecified atom stereocenters. The SMILES string of the molecule is O=C1c2cc(-c3nnc(C(F)F)o3)ccc2CN1C(c1cnccn1)C(O)c1ccc(F)cc1. The zero-order valence-corrected chi connectivity index (χ0v) is 17.3. The van der Waals surface area contributed by atoms with Crippen molar-refractivity contribution in [1.82, 2.24) is 25.1 Å². The van der Waals surface area contributed by atoms with Crippen LogP contribution in [0.15, 0.2) is 65.5 Å². The van der Waals surface area contributed by atoms with Crippen LogP contribution in [-0.4, -0.2) is 36.1 Å². The third-order valence-corrected chi connectivity index (χ3v) is 5.55. The molecule has 0 bridgehead atoms. The molecular formula is C23H16F3N5O3. The van der Waals surface area contributed by atoms with Crippen molar-refractivity contribution >= 4 is 5.91 Å². The zero-order valence-electron chi connectivity index (χ0n) is 17.3. The summed E-state index contributed by atoms with van der Waals surface area (Å²) in [7, 11) is 0. The highest BCUT2D eigenvalue weighted by Gasteiger charge is 2.39. The number of hydrogen-bond acceptors (Lipinski definition) is 7. The van der Waals surface area contributed by atoms with Crippen LogP contribution in [0.1, 0.15) is 51.6 Å². The minimum atomic E-state index is -2.91. The number of aliphatic hydroxyl groups is 1. The molecule has 8 nitrogen and oxygen atoms in total. The fraction of sp³-hybridized carbons (Fsp3) is 0.174. The molecule has 1 aliphatic rings. The lowest BCUT2D eigenvalue weighted by Gasteiger charge is -2.31. The lowest BCUT2D eigenvalue weighted by molar-refractivity contribution is 0.0345. The van der Waals surface area contributed by atoms with E-state index in [1.54, 1.807) is 12.1 Å². The summed E-state index contributed by atoms with van der Waals surface area (Å²) in [5, 5.41) is 18.1. The number of hydrogen-bond donors (Lipinski definition) is 1. The van der Waals surface area contributed by atoms with Crippen LogP contribution in [0.3, 0.4) is 0 Å². The summed E-state index contributed by atoms with van der Waals surface area (Å²) in [4.78, 5) is 23.2. The van der Waals surface area contributed by atoms with Gasteiger partial charge < -0.3 is 14.4 Å². The molecule has 0 saturated carbocycles. The van der Waals surface area contributed by atoms with E-state index in [2.05, 4.69) is 20.2 Å². The van der Waals surface area contributed by atoms with E-state index in [4.69, 9.17) is 4.42 Å². The number of benzene rings is 2. The number of aromatic nitrogens is 4. The topological polar surface area (TPSA) is 105 Å². The molecule has 0 aliphatic carbocycles. The third kappa shape index (κ3) is 3.90. The van der Waals surface area contributed by atoms with Gasteiger partial charge in [0.2, 0.25) is 5.89 Å². The van der Waals surface area contributed by atoms with Gasteiger partial charge in [-0.25, -0.2) is 4.39 Å². The Hall–Kier alpha value is -4.12. The second-order valence-electron chi connectivity index (χ2n) is 7.62. The van der Waals surface area contributed by atoms with Crippen molar-refractivity contribution in [1.29, 1.82) is 0 Å². The van der Waals surface area contributed by atoms with E-state index in [0.717, 1.165) is 0 Å². The molecule has 172 valence electrons. The van der Waals surface area contributed by atoms with Gasteiger partial charge in [-0.1, -0.05) is 18.2 Å². The molecule has 2 aromatic carbocycles. The second kappa shape index (κ2) is 8.67. The van der Waals surface area contributed by atoms with Gasteiger partial charge in [-0.05, 0) is 35.4 Å². The second-order valence-corrected chi connectivity index (χ2v) is 7.62. The maximum atomic E-state index is 13.4. The molecule has 5 rings (SSSR count). The van der Waals surface area contributed by atoms with Gasteiger partial charge in [0.25, 0.3) is 11.8 Å². The predicted molar refractivity (Wildman–Crippen MR) is 111 cm³/mol. The van der Waals surface area contributed by atoms with E-state index in [1.807, 2.05) is 0 Å². The molecule has 1 N–H and O–H groups in total. The lowest BCUT2D eigenvalue weighted by Crippen LogP contribution is -2.34. The third-order valence-electron chi connectivity index (χ3n) is 5.55. The van der Waals surface area contributed by atoms with E-state index in [1.165, 1.54) is 53.8 Å². The molecule has 0 saturated heterocycles. The molecule has 0 fully saturated rings. The monoisotopic (exact) mass is 467 g/mol. The van der Waals surface area contributed by atoms with Gasteiger partial charge in [-0.15, -0.1) is 10.2 Å². The van der Waals surface area contributed by atoms with E-state index in [0.29, 0.717) is 27.9 Å². The molecule has 2 aromatic heterocycles. The highest BCUT2D eigenvalue weighted by molar-refractivity contribution is 5.99. The number of nitrogens with zero attached hydrogens (tertiary/aromatic N) is 5. The van der Waals surface area contributed by atoms with Crippen molar-refractivity contribution in [3.63, 3.8) is 0 Å². The Labute approximate surface area is 190 Å². The van der Waals surface area contributed by atoms with Crippen molar-refractivity contribution in [3.8, 4) is 11.5 Å². The molecule has 2 atom stereocenters. The Kier molecular flexibility index (Phi) is 5.54. The van der Waals surface area contributed by atoms with Gasteiger partial charge >= 0.3 is 6.43 Å². The highest BCUT2D eigenvalue weighted by atomic mass is 19.3. The number of fused-ring (bicyclic) bond motifs is 1. The Morgan fingerprint density at radius 2 is 1.85 bits per heavy atom. The first-order valence-corrected chi connectivity index (χ1v) is 10.2. The summed E-state index contributed by atoms with van der Waals surface area (Å²) in [6.45, 7) is 0.153. The summed E-state index contributed by atoms with van der Waals surface area (Å²) in [6, 6.07) is 9.12. The number of aliphatic hydroxyl groups excluding tert-OH is 1. The van der Waals surface area contributed by atoms with Gasteiger partial charge in [-0.2, -0.15) is 8.78 Å². The van der Waals surface area contributed by atoms with Gasteiger partial charge in [-0.3, -0.25) is 14.8 Å². The van der Waals surface area contributed by atoms with Crippen molar-refractivity contribution in [2.45, 2.75) is 25.1 Å². The smallest absolute Gasteiger partial charge is 0.314 e. The number of alkyl halides is 2. The molecule has 1 amide bonds. The normalized spacial score (nSPS) is 15.0. The first-order valence-electron chi connectivity index (χ1n) is 10.2. The molecular weight excluding hydrogens is 451 g/mol. The summed E-state index contributed by atoms with van der Waals surface area (Å²) >= 11 is 0. The number of amides is 1. The van der Waals surface area contributed by atoms with Crippen molar-refractivity contribution in [3.05, 3.63) is 95.1 Å². The summed E-state index contributed by atoms with van der Waals surface area (Å²) in [6.07, 6.45) is 0.230. The fourth-order valence-corrected chi connectivity index (χ4v) is 3.92. The Morgan fingerprint density at radius 3 is 2.53 bits per heavy atom. The lowest BCUT2D eigenvalue weighted by atomic mass is 9.98. The molecule has 3 heterocycles. The number of rotatable bonds is 6. The van der Waals surface area contributed by atoms with Crippen LogP contribution >= 0.6 is 0 Å². The molecule has 4 aromatic rings. The van der Waals surface area contributed by atoms with Crippen LogP contribution in [0, 0.1) is 5.82 Å². The maximum absolute atomic E-state index is 13.4. The highest BCUT2D eigenvalue weighted by Crippen LogP contribution is 2.39. The van der Waals surface area contributed by atoms with Crippen LogP contribution in [0.5, 0.6) is 0 Å². The van der Waals surface area contributed by atoms with Crippen LogP contribution < -0.4 is 0 Å². The van der Waals surface area contributed by atoms with E-state index >= 15 is 0 Å². The fourth-order valence-electron chi connectivity index (χ4n) is 3.92. The first-order chi connectivity index (χ1) is 16.4. The number of halogens is 3. The summed E-state index contributed by atoms with van der Waals surface area (Å²) in [5.74, 6) is -1.82. The number of carbonyl (C=O) groups excluding carboxylic acids is 1. The standard InChI is InChI=1S/C23H16F3N5O3/c24-15-5-3-12(4-6-15)19(32)18(17-10-27-7-8-28-17)31-11-14-2-1-13(9-16(14)23(31)33)21-29-30-22(34-21)20(25)26/h1-10,18-20,32H,11H2. The summed E-state index contributed by atoms with van der Waals surface area (Å²) < 4.78 is 44.0. The van der Waals surface area contributed by atoms with Crippen LogP contribution in [0.4, 0.5) is 13.2 Å². The van der Waals surface area contributed by atoms with Crippen LogP contribution in [0.25, 0.3) is 11.5 Å². The average Bonchev–Trinajstić information content (AvgIpc) is 3.46. The van der Waals surface area contributed by atoms with Gasteiger partial charge in [0.05, 0.1) is 11.9 Å². The van der Waals surface area contributed by atoms with E-state index in [-0.39, 0.29) is 12.4 Å². The largest absolute Gasteiger partial charge is 0.415 e. The van der Waals surface area contributed by atoms with Crippen molar-refractivity contribution in [2.24, 2.45) is 0 Å². The maximum Gasteiger partial charge on any atom is 0.314 e. The van der Waals surface area contributed by atoms with Gasteiger partial charge in [0.1, 0.15) is 18.0 Å². The van der Waals surface area contributed by atoms with E-state index in [9.17, 15) is 23.1 Å². The van der Waals surface area contributed by atoms with Crippen molar-refractivity contribution < 1.29 is 27.5 Å². The molecule has 34 heavy (non-hydrogen) atoms. The van der Waals surface area contributed by atoms with Gasteiger partial charge in [0, 0.05) is 30.1 Å². The zero-order chi connectivity index (χ0) is 23.8. The summed E-state index contributed by atoms with van der Waals surface area (Å²) in [5.41, 5.74) is 2.01. The van der Waals surface area contributed by atoms with Crippen molar-refractivity contribution in [2.75, 3.05) is 0 Å². The minimum absolute atomic E-state index is 0.138. The minimum Gasteiger partial charge on any atom is -0.415 e. The van der Waals surface area contributed by atoms with E-state index < -0.39 is 36.2 Å². The number of carbonyl (C=O) groups is 1. The van der Waals surface area contributed by atoms with Gasteiger partial charge in [0.15, 0.2) is 0 Å². The van der Waals surface area contributed by atoms with Crippen LogP contribution in [0.2, 0.25) is 0 Å².